The van der Waals surface area contributed by atoms with E-state index in [1.54, 1.807) is 0 Å². The first-order valence-electron chi connectivity index (χ1n) is 14.4. The largest absolute Gasteiger partial charge is 0.0776 e. The fraction of sp³-hybridized carbons (Fsp3) is 1.00. The van der Waals surface area contributed by atoms with Crippen LogP contribution in [0.2, 0.25) is 0 Å². The van der Waals surface area contributed by atoms with Gasteiger partial charge in [0.15, 0.2) is 0 Å². The van der Waals surface area contributed by atoms with Crippen LogP contribution in [0.3, 0.4) is 0 Å². The molecule has 0 aromatic carbocycles. The standard InChI is InChI=1S/C18H34.C7H16.C3H8.C2H6.CH4/c1-5-6-16-7-9-17(10-8-16)15(4)18-11-13(2)14(3)12-18;1-3-5-7-6-4-2;1-3-2;1-2;/h13-18H,5-12H2,1-4H3;3-7H2,1-2H3;3H2,1-2H3;1-2H3;1H4/t13-,14?,15?,16?,17?,18?;;;;/m1..../s1. The van der Waals surface area contributed by atoms with E-state index in [2.05, 4.69) is 55.4 Å². The fourth-order valence-corrected chi connectivity index (χ4v) is 5.42. The van der Waals surface area contributed by atoms with Gasteiger partial charge >= 0.3 is 0 Å². The van der Waals surface area contributed by atoms with Crippen molar-refractivity contribution in [2.75, 3.05) is 0 Å². The summed E-state index contributed by atoms with van der Waals surface area (Å²) in [6.45, 7) is 22.6. The maximum Gasteiger partial charge on any atom is -0.0381 e. The minimum Gasteiger partial charge on any atom is -0.0776 e. The molecule has 0 aromatic rings. The quantitative estimate of drug-likeness (QED) is 0.329. The predicted octanol–water partition coefficient (Wildman–Crippen LogP) is 12.0. The summed E-state index contributed by atoms with van der Waals surface area (Å²) in [5, 5.41) is 0. The zero-order valence-corrected chi connectivity index (χ0v) is 23.4. The summed E-state index contributed by atoms with van der Waals surface area (Å²) in [6, 6.07) is 0. The van der Waals surface area contributed by atoms with E-state index in [9.17, 15) is 0 Å². The molecule has 0 saturated heterocycles. The van der Waals surface area contributed by atoms with E-state index in [0.29, 0.717) is 0 Å². The minimum atomic E-state index is 0. The summed E-state index contributed by atoms with van der Waals surface area (Å²) in [6.07, 6.45) is 20.3. The van der Waals surface area contributed by atoms with Crippen molar-refractivity contribution in [1.82, 2.24) is 0 Å². The molecule has 3 unspecified atom stereocenters. The van der Waals surface area contributed by atoms with E-state index in [1.807, 2.05) is 13.8 Å². The van der Waals surface area contributed by atoms with E-state index in [4.69, 9.17) is 0 Å². The highest BCUT2D eigenvalue weighted by molar-refractivity contribution is 4.86. The molecule has 0 nitrogen and oxygen atoms in total. The highest BCUT2D eigenvalue weighted by atomic mass is 14.4. The van der Waals surface area contributed by atoms with E-state index in [-0.39, 0.29) is 7.43 Å². The Bertz CT molecular complexity index is 298. The van der Waals surface area contributed by atoms with Gasteiger partial charge in [0, 0.05) is 0 Å². The lowest BCUT2D eigenvalue weighted by atomic mass is 9.71. The molecule has 0 radical (unpaired) electrons. The molecule has 0 amide bonds. The first-order valence-corrected chi connectivity index (χ1v) is 14.4. The van der Waals surface area contributed by atoms with Crippen LogP contribution < -0.4 is 0 Å². The predicted molar refractivity (Wildman–Crippen MR) is 149 cm³/mol. The molecule has 2 aliphatic rings. The van der Waals surface area contributed by atoms with Gasteiger partial charge in [0.25, 0.3) is 0 Å². The second kappa shape index (κ2) is 24.6. The topological polar surface area (TPSA) is 0 Å². The van der Waals surface area contributed by atoms with Crippen molar-refractivity contribution in [3.63, 3.8) is 0 Å². The molecular formula is C31H68. The van der Waals surface area contributed by atoms with E-state index < -0.39 is 0 Å². The Labute approximate surface area is 202 Å². The Kier molecular flexibility index (Phi) is 28.3. The van der Waals surface area contributed by atoms with Gasteiger partial charge < -0.3 is 0 Å². The molecule has 0 bridgehead atoms. The van der Waals surface area contributed by atoms with Crippen molar-refractivity contribution in [1.29, 1.82) is 0 Å². The zero-order chi connectivity index (χ0) is 23.4. The molecule has 0 aromatic heterocycles. The first-order chi connectivity index (χ1) is 14.4. The third-order valence-electron chi connectivity index (χ3n) is 7.60. The summed E-state index contributed by atoms with van der Waals surface area (Å²) in [7, 11) is 0. The van der Waals surface area contributed by atoms with Crippen molar-refractivity contribution in [2.45, 2.75) is 167 Å². The number of rotatable bonds is 8. The summed E-state index contributed by atoms with van der Waals surface area (Å²) >= 11 is 0. The van der Waals surface area contributed by atoms with Crippen LogP contribution in [0.25, 0.3) is 0 Å². The molecule has 2 rings (SSSR count). The van der Waals surface area contributed by atoms with Crippen molar-refractivity contribution in [3.8, 4) is 0 Å². The smallest absolute Gasteiger partial charge is 0.0381 e. The lowest BCUT2D eigenvalue weighted by Gasteiger charge is -2.35. The molecular weight excluding hydrogens is 372 g/mol. The number of hydrogen-bond donors (Lipinski definition) is 0. The molecule has 0 aliphatic heterocycles. The molecule has 2 aliphatic carbocycles. The van der Waals surface area contributed by atoms with E-state index >= 15 is 0 Å². The molecule has 0 spiro atoms. The van der Waals surface area contributed by atoms with Crippen LogP contribution in [0.4, 0.5) is 0 Å². The zero-order valence-electron chi connectivity index (χ0n) is 23.4. The van der Waals surface area contributed by atoms with Gasteiger partial charge in [0.2, 0.25) is 0 Å². The average Bonchev–Trinajstić information content (AvgIpc) is 3.10. The van der Waals surface area contributed by atoms with Gasteiger partial charge in [-0.25, -0.2) is 0 Å². The number of unbranched alkanes of at least 4 members (excludes halogenated alkanes) is 4. The monoisotopic (exact) mass is 441 g/mol. The summed E-state index contributed by atoms with van der Waals surface area (Å²) in [4.78, 5) is 0. The van der Waals surface area contributed by atoms with Crippen molar-refractivity contribution >= 4 is 0 Å². The molecule has 31 heavy (non-hydrogen) atoms. The third-order valence-corrected chi connectivity index (χ3v) is 7.60. The van der Waals surface area contributed by atoms with Gasteiger partial charge in [-0.3, -0.25) is 0 Å². The van der Waals surface area contributed by atoms with Gasteiger partial charge in [-0.05, 0) is 61.2 Å². The lowest BCUT2D eigenvalue weighted by molar-refractivity contribution is 0.160. The Hall–Kier alpha value is 0. The van der Waals surface area contributed by atoms with Crippen LogP contribution in [0, 0.1) is 35.5 Å². The summed E-state index contributed by atoms with van der Waals surface area (Å²) < 4.78 is 0. The second-order valence-electron chi connectivity index (χ2n) is 10.4. The van der Waals surface area contributed by atoms with Gasteiger partial charge in [0.1, 0.15) is 0 Å². The van der Waals surface area contributed by atoms with Crippen LogP contribution in [0.15, 0.2) is 0 Å². The van der Waals surface area contributed by atoms with Crippen LogP contribution in [-0.4, -0.2) is 0 Å². The summed E-state index contributed by atoms with van der Waals surface area (Å²) in [5.74, 6) is 6.13. The molecule has 2 fully saturated rings. The van der Waals surface area contributed by atoms with Gasteiger partial charge in [-0.15, -0.1) is 0 Å². The van der Waals surface area contributed by atoms with Crippen LogP contribution in [0.5, 0.6) is 0 Å². The van der Waals surface area contributed by atoms with E-state index in [0.717, 1.165) is 35.5 Å². The van der Waals surface area contributed by atoms with Crippen molar-refractivity contribution < 1.29 is 0 Å². The van der Waals surface area contributed by atoms with Crippen LogP contribution in [-0.2, 0) is 0 Å². The third kappa shape index (κ3) is 17.2. The SMILES string of the molecule is C.CC.CCC.CCCC1CCC(C(C)C2CC(C)[C@H](C)C2)CC1.CCCCCCC. The Morgan fingerprint density at radius 2 is 1.06 bits per heavy atom. The minimum absolute atomic E-state index is 0. The van der Waals surface area contributed by atoms with Crippen molar-refractivity contribution in [2.24, 2.45) is 35.5 Å². The second-order valence-corrected chi connectivity index (χ2v) is 10.4. The highest BCUT2D eigenvalue weighted by Gasteiger charge is 2.35. The maximum absolute atomic E-state index is 2.57. The molecule has 4 atom stereocenters. The average molecular weight is 441 g/mol. The first kappa shape index (κ1) is 35.6. The normalized spacial score (nSPS) is 27.9. The Balaban J connectivity index is -0.000000509. The molecule has 0 heterocycles. The molecule has 0 N–H and O–H groups in total. The highest BCUT2D eigenvalue weighted by Crippen LogP contribution is 2.45. The summed E-state index contributed by atoms with van der Waals surface area (Å²) in [5.41, 5.74) is 0. The maximum atomic E-state index is 2.57. The van der Waals surface area contributed by atoms with Gasteiger partial charge in [-0.2, -0.15) is 0 Å². The molecule has 192 valence electrons. The van der Waals surface area contributed by atoms with E-state index in [1.165, 1.54) is 89.9 Å². The number of hydrogen-bond acceptors (Lipinski definition) is 0. The molecule has 2 saturated carbocycles. The van der Waals surface area contributed by atoms with Crippen molar-refractivity contribution in [3.05, 3.63) is 0 Å². The van der Waals surface area contributed by atoms with Crippen LogP contribution in [0.1, 0.15) is 167 Å². The van der Waals surface area contributed by atoms with Crippen LogP contribution >= 0.6 is 0 Å². The fourth-order valence-electron chi connectivity index (χ4n) is 5.42. The Morgan fingerprint density at radius 1 is 0.645 bits per heavy atom. The van der Waals surface area contributed by atoms with Gasteiger partial charge in [0.05, 0.1) is 0 Å². The lowest BCUT2D eigenvalue weighted by Crippen LogP contribution is -2.24. The molecule has 0 heteroatoms. The Morgan fingerprint density at radius 3 is 1.42 bits per heavy atom. The van der Waals surface area contributed by atoms with Gasteiger partial charge in [-0.1, -0.05) is 141 Å².